The van der Waals surface area contributed by atoms with Crippen LogP contribution in [-0.2, 0) is 0 Å². The van der Waals surface area contributed by atoms with E-state index in [0.717, 1.165) is 5.56 Å². The molecule has 2 N–H and O–H groups in total. The Morgan fingerprint density at radius 2 is 1.94 bits per heavy atom. The molecule has 5 nitrogen and oxygen atoms in total. The molecule has 0 fully saturated rings. The van der Waals surface area contributed by atoms with Gasteiger partial charge in [0, 0.05) is 17.4 Å². The maximum Gasteiger partial charge on any atom is 0.182 e. The first-order valence-corrected chi connectivity index (χ1v) is 5.39. The van der Waals surface area contributed by atoms with E-state index >= 15 is 0 Å². The molecule has 0 saturated carbocycles. The van der Waals surface area contributed by atoms with Crippen LogP contribution in [0.4, 0.5) is 5.69 Å². The molecule has 0 amide bonds. The number of hydrogen-bond acceptors (Lipinski definition) is 4. The van der Waals surface area contributed by atoms with Gasteiger partial charge in [0.1, 0.15) is 6.07 Å². The van der Waals surface area contributed by atoms with Crippen LogP contribution in [0.15, 0.2) is 42.6 Å². The summed E-state index contributed by atoms with van der Waals surface area (Å²) >= 11 is 0. The molecule has 0 aliphatic carbocycles. The van der Waals surface area contributed by atoms with Crippen molar-refractivity contribution in [1.82, 2.24) is 14.6 Å². The van der Waals surface area contributed by atoms with Crippen molar-refractivity contribution < 1.29 is 0 Å². The van der Waals surface area contributed by atoms with Gasteiger partial charge in [-0.1, -0.05) is 0 Å². The van der Waals surface area contributed by atoms with E-state index in [1.165, 1.54) is 0 Å². The fourth-order valence-corrected chi connectivity index (χ4v) is 1.75. The predicted molar refractivity (Wildman–Crippen MR) is 67.6 cm³/mol. The van der Waals surface area contributed by atoms with Crippen LogP contribution in [0.3, 0.4) is 0 Å². The third kappa shape index (κ3) is 1.57. The van der Waals surface area contributed by atoms with Gasteiger partial charge in [0.25, 0.3) is 0 Å². The molecule has 0 radical (unpaired) electrons. The van der Waals surface area contributed by atoms with Crippen molar-refractivity contribution in [2.24, 2.45) is 0 Å². The summed E-state index contributed by atoms with van der Waals surface area (Å²) in [7, 11) is 0. The Kier molecular flexibility index (Phi) is 2.21. The smallest absolute Gasteiger partial charge is 0.182 e. The number of anilines is 1. The van der Waals surface area contributed by atoms with Crippen molar-refractivity contribution in [2.45, 2.75) is 0 Å². The second-order valence-corrected chi connectivity index (χ2v) is 3.86. The van der Waals surface area contributed by atoms with E-state index in [9.17, 15) is 0 Å². The van der Waals surface area contributed by atoms with Crippen molar-refractivity contribution in [3.8, 4) is 17.5 Å². The average molecular weight is 235 g/mol. The number of pyridine rings is 1. The summed E-state index contributed by atoms with van der Waals surface area (Å²) in [4.78, 5) is 4.37. The first kappa shape index (κ1) is 10.3. The Balaban J connectivity index is 2.20. The second kappa shape index (κ2) is 3.86. The lowest BCUT2D eigenvalue weighted by Crippen LogP contribution is -1.88. The minimum absolute atomic E-state index is 0.506. The largest absolute Gasteiger partial charge is 0.399 e. The molecule has 0 saturated heterocycles. The molecular formula is C13H9N5. The molecule has 18 heavy (non-hydrogen) atoms. The van der Waals surface area contributed by atoms with Gasteiger partial charge < -0.3 is 5.73 Å². The fraction of sp³-hybridized carbons (Fsp3) is 0. The molecule has 2 aromatic heterocycles. The van der Waals surface area contributed by atoms with Gasteiger partial charge in [-0.2, -0.15) is 5.26 Å². The third-order valence-electron chi connectivity index (χ3n) is 2.65. The van der Waals surface area contributed by atoms with Crippen LogP contribution in [-0.4, -0.2) is 14.6 Å². The molecule has 0 spiro atoms. The molecule has 0 bridgehead atoms. The summed E-state index contributed by atoms with van der Waals surface area (Å²) in [6.07, 6.45) is 1.77. The molecule has 1 aromatic carbocycles. The van der Waals surface area contributed by atoms with Crippen molar-refractivity contribution >= 4 is 11.3 Å². The summed E-state index contributed by atoms with van der Waals surface area (Å²) in [5, 5.41) is 13.3. The summed E-state index contributed by atoms with van der Waals surface area (Å²) < 4.78 is 1.60. The molecule has 0 aliphatic heterocycles. The first-order valence-electron chi connectivity index (χ1n) is 5.39. The van der Waals surface area contributed by atoms with Gasteiger partial charge >= 0.3 is 0 Å². The molecule has 86 valence electrons. The van der Waals surface area contributed by atoms with Crippen LogP contribution < -0.4 is 5.73 Å². The number of nitrogens with zero attached hydrogens (tertiary/aromatic N) is 4. The van der Waals surface area contributed by atoms with Crippen LogP contribution in [0.5, 0.6) is 0 Å². The van der Waals surface area contributed by atoms with E-state index in [2.05, 4.69) is 16.2 Å². The Morgan fingerprint density at radius 3 is 2.67 bits per heavy atom. The van der Waals surface area contributed by atoms with Gasteiger partial charge in [-0.15, -0.1) is 5.10 Å². The SMILES string of the molecule is N#Cc1cccn2nc(-c3ccc(N)cc3)nc12. The highest BCUT2D eigenvalue weighted by molar-refractivity contribution is 5.63. The molecule has 0 aliphatic rings. The minimum Gasteiger partial charge on any atom is -0.399 e. The number of rotatable bonds is 1. The number of nitrogens with two attached hydrogens (primary N) is 1. The maximum absolute atomic E-state index is 9.00. The summed E-state index contributed by atoms with van der Waals surface area (Å²) in [5.74, 6) is 0.581. The van der Waals surface area contributed by atoms with Crippen LogP contribution in [0.2, 0.25) is 0 Å². The number of fused-ring (bicyclic) bond motifs is 1. The minimum atomic E-state index is 0.506. The van der Waals surface area contributed by atoms with Crippen LogP contribution >= 0.6 is 0 Å². The van der Waals surface area contributed by atoms with Crippen molar-refractivity contribution in [3.05, 3.63) is 48.2 Å². The van der Waals surface area contributed by atoms with Crippen molar-refractivity contribution in [2.75, 3.05) is 5.73 Å². The van der Waals surface area contributed by atoms with Crippen molar-refractivity contribution in [3.63, 3.8) is 0 Å². The van der Waals surface area contributed by atoms with Gasteiger partial charge in [-0.25, -0.2) is 9.50 Å². The van der Waals surface area contributed by atoms with Crippen molar-refractivity contribution in [1.29, 1.82) is 5.26 Å². The average Bonchev–Trinajstić information content (AvgIpc) is 2.83. The van der Waals surface area contributed by atoms with E-state index < -0.39 is 0 Å². The summed E-state index contributed by atoms with van der Waals surface area (Å²) in [6.45, 7) is 0. The number of nitriles is 1. The Labute approximate surface area is 103 Å². The van der Waals surface area contributed by atoms with E-state index in [0.29, 0.717) is 22.7 Å². The molecule has 0 unspecified atom stereocenters. The zero-order chi connectivity index (χ0) is 12.5. The van der Waals surface area contributed by atoms with Gasteiger partial charge in [0.2, 0.25) is 0 Å². The van der Waals surface area contributed by atoms with Gasteiger partial charge in [0.15, 0.2) is 11.5 Å². The molecule has 2 heterocycles. The van der Waals surface area contributed by atoms with Crippen LogP contribution in [0.25, 0.3) is 17.0 Å². The highest BCUT2D eigenvalue weighted by Crippen LogP contribution is 2.18. The Morgan fingerprint density at radius 1 is 1.17 bits per heavy atom. The van der Waals surface area contributed by atoms with E-state index in [1.54, 1.807) is 35.0 Å². The first-order chi connectivity index (χ1) is 8.78. The predicted octanol–water partition coefficient (Wildman–Crippen LogP) is 1.85. The zero-order valence-electron chi connectivity index (χ0n) is 9.41. The lowest BCUT2D eigenvalue weighted by Gasteiger charge is -1.94. The normalized spacial score (nSPS) is 10.4. The number of hydrogen-bond donors (Lipinski definition) is 1. The van der Waals surface area contributed by atoms with Gasteiger partial charge in [-0.3, -0.25) is 0 Å². The summed E-state index contributed by atoms with van der Waals surface area (Å²) in [6, 6.07) is 12.9. The second-order valence-electron chi connectivity index (χ2n) is 3.86. The number of benzene rings is 1. The van der Waals surface area contributed by atoms with Crippen LogP contribution in [0.1, 0.15) is 5.56 Å². The highest BCUT2D eigenvalue weighted by Gasteiger charge is 2.08. The Hall–Kier alpha value is -2.87. The Bertz CT molecular complexity index is 749. The maximum atomic E-state index is 9.00. The van der Waals surface area contributed by atoms with Gasteiger partial charge in [0.05, 0.1) is 5.56 Å². The zero-order valence-corrected chi connectivity index (χ0v) is 9.41. The van der Waals surface area contributed by atoms with Crippen LogP contribution in [0, 0.1) is 11.3 Å². The monoisotopic (exact) mass is 235 g/mol. The quantitative estimate of drug-likeness (QED) is 0.653. The molecular weight excluding hydrogens is 226 g/mol. The van der Waals surface area contributed by atoms with E-state index in [1.807, 2.05) is 12.1 Å². The highest BCUT2D eigenvalue weighted by atomic mass is 15.3. The number of nitrogen functional groups attached to an aromatic ring is 1. The van der Waals surface area contributed by atoms with E-state index in [-0.39, 0.29) is 0 Å². The topological polar surface area (TPSA) is 80.0 Å². The summed E-state index contributed by atoms with van der Waals surface area (Å²) in [5.41, 5.74) is 8.27. The molecule has 0 atom stereocenters. The molecule has 3 rings (SSSR count). The van der Waals surface area contributed by atoms with Gasteiger partial charge in [-0.05, 0) is 36.4 Å². The molecule has 3 aromatic rings. The fourth-order valence-electron chi connectivity index (χ4n) is 1.75. The lowest BCUT2D eigenvalue weighted by atomic mass is 10.2. The number of aromatic nitrogens is 3. The lowest BCUT2D eigenvalue weighted by molar-refractivity contribution is 0.963. The van der Waals surface area contributed by atoms with E-state index in [4.69, 9.17) is 11.0 Å². The molecule has 5 heteroatoms. The standard InChI is InChI=1S/C13H9N5/c14-8-10-2-1-7-18-13(10)16-12(17-18)9-3-5-11(15)6-4-9/h1-7H,15H2. The third-order valence-corrected chi connectivity index (χ3v) is 2.65.